The maximum atomic E-state index is 12.2. The van der Waals surface area contributed by atoms with E-state index in [9.17, 15) is 18.0 Å². The Bertz CT molecular complexity index is 744. The molecule has 3 N–H and O–H groups in total. The Hall–Kier alpha value is -1.93. The number of amides is 1. The molecular weight excluding hydrogens is 332 g/mol. The number of carbonyl (C=O) groups excluding carboxylic acids is 1. The van der Waals surface area contributed by atoms with Crippen molar-refractivity contribution >= 4 is 21.9 Å². The molecule has 0 atom stereocenters. The van der Waals surface area contributed by atoms with Crippen molar-refractivity contribution in [3.05, 3.63) is 29.8 Å². The third-order valence-corrected chi connectivity index (χ3v) is 5.54. The van der Waals surface area contributed by atoms with Gasteiger partial charge in [0, 0.05) is 17.6 Å². The summed E-state index contributed by atoms with van der Waals surface area (Å²) in [6, 6.07) is 5.53. The fourth-order valence-corrected chi connectivity index (χ4v) is 3.63. The first kappa shape index (κ1) is 18.4. The number of sulfonamides is 1. The third-order valence-electron chi connectivity index (χ3n) is 3.76. The standard InChI is InChI=1S/C16H22N2O5S/c1-15(2,3)18-24(22,23)12-6-4-11(5-7-12)13(19)17-10-16(8-9-16)14(20)21/h4-7,18H,8-10H2,1-3H3,(H,17,19)(H,20,21). The van der Waals surface area contributed by atoms with Gasteiger partial charge < -0.3 is 10.4 Å². The van der Waals surface area contributed by atoms with E-state index in [-0.39, 0.29) is 17.0 Å². The minimum Gasteiger partial charge on any atom is -0.481 e. The van der Waals surface area contributed by atoms with Gasteiger partial charge in [-0.25, -0.2) is 13.1 Å². The number of hydrogen-bond donors (Lipinski definition) is 3. The smallest absolute Gasteiger partial charge is 0.311 e. The highest BCUT2D eigenvalue weighted by molar-refractivity contribution is 7.89. The molecule has 24 heavy (non-hydrogen) atoms. The van der Waals surface area contributed by atoms with Gasteiger partial charge in [0.2, 0.25) is 10.0 Å². The van der Waals surface area contributed by atoms with Crippen molar-refractivity contribution in [3.8, 4) is 0 Å². The lowest BCUT2D eigenvalue weighted by molar-refractivity contribution is -0.143. The van der Waals surface area contributed by atoms with E-state index < -0.39 is 32.9 Å². The Kier molecular flexibility index (Phi) is 4.74. The van der Waals surface area contributed by atoms with Crippen LogP contribution < -0.4 is 10.0 Å². The van der Waals surface area contributed by atoms with E-state index in [1.807, 2.05) is 0 Å². The summed E-state index contributed by atoms with van der Waals surface area (Å²) in [4.78, 5) is 23.2. The van der Waals surface area contributed by atoms with Crippen LogP contribution in [-0.2, 0) is 14.8 Å². The Morgan fingerprint density at radius 2 is 1.71 bits per heavy atom. The van der Waals surface area contributed by atoms with E-state index in [4.69, 9.17) is 5.11 Å². The van der Waals surface area contributed by atoms with Gasteiger partial charge in [0.15, 0.2) is 0 Å². The Balaban J connectivity index is 2.04. The van der Waals surface area contributed by atoms with Gasteiger partial charge in [-0.05, 0) is 57.9 Å². The number of hydrogen-bond acceptors (Lipinski definition) is 4. The first-order chi connectivity index (χ1) is 11.0. The van der Waals surface area contributed by atoms with Crippen molar-refractivity contribution < 1.29 is 23.1 Å². The van der Waals surface area contributed by atoms with Crippen molar-refractivity contribution in [1.82, 2.24) is 10.0 Å². The Morgan fingerprint density at radius 3 is 2.12 bits per heavy atom. The van der Waals surface area contributed by atoms with Gasteiger partial charge in [0.05, 0.1) is 10.3 Å². The number of nitrogens with one attached hydrogen (secondary N) is 2. The Labute approximate surface area is 141 Å². The molecular formula is C16H22N2O5S. The largest absolute Gasteiger partial charge is 0.481 e. The van der Waals surface area contributed by atoms with Crippen LogP contribution in [0.2, 0.25) is 0 Å². The van der Waals surface area contributed by atoms with Gasteiger partial charge in [0.25, 0.3) is 5.91 Å². The van der Waals surface area contributed by atoms with Crippen molar-refractivity contribution in [2.45, 2.75) is 44.0 Å². The van der Waals surface area contributed by atoms with Crippen LogP contribution in [0, 0.1) is 5.41 Å². The van der Waals surface area contributed by atoms with Crippen molar-refractivity contribution in [2.75, 3.05) is 6.54 Å². The summed E-state index contributed by atoms with van der Waals surface area (Å²) in [7, 11) is -3.66. The predicted octanol–water partition coefficient (Wildman–Crippen LogP) is 1.36. The van der Waals surface area contributed by atoms with E-state index in [1.54, 1.807) is 20.8 Å². The predicted molar refractivity (Wildman–Crippen MR) is 88.2 cm³/mol. The fraction of sp³-hybridized carbons (Fsp3) is 0.500. The average Bonchev–Trinajstić information content (AvgIpc) is 3.23. The highest BCUT2D eigenvalue weighted by atomic mass is 32.2. The summed E-state index contributed by atoms with van der Waals surface area (Å²) in [5, 5.41) is 11.7. The number of carbonyl (C=O) groups is 2. The van der Waals surface area contributed by atoms with Crippen LogP contribution in [0.3, 0.4) is 0 Å². The summed E-state index contributed by atoms with van der Waals surface area (Å²) >= 11 is 0. The monoisotopic (exact) mass is 354 g/mol. The maximum Gasteiger partial charge on any atom is 0.311 e. The van der Waals surface area contributed by atoms with Gasteiger partial charge in [0.1, 0.15) is 0 Å². The lowest BCUT2D eigenvalue weighted by Crippen LogP contribution is -2.40. The molecule has 1 aromatic rings. The van der Waals surface area contributed by atoms with Crippen LogP contribution in [0.5, 0.6) is 0 Å². The second-order valence-electron chi connectivity index (χ2n) is 7.15. The molecule has 0 unspecified atom stereocenters. The van der Waals surface area contributed by atoms with Gasteiger partial charge >= 0.3 is 5.97 Å². The molecule has 8 heteroatoms. The van der Waals surface area contributed by atoms with Gasteiger partial charge in [-0.3, -0.25) is 9.59 Å². The number of aliphatic carboxylic acids is 1. The first-order valence-corrected chi connectivity index (χ1v) is 9.09. The second-order valence-corrected chi connectivity index (χ2v) is 8.83. The average molecular weight is 354 g/mol. The number of benzene rings is 1. The van der Waals surface area contributed by atoms with Crippen LogP contribution in [0.25, 0.3) is 0 Å². The van der Waals surface area contributed by atoms with E-state index in [2.05, 4.69) is 10.0 Å². The minimum absolute atomic E-state index is 0.0678. The van der Waals surface area contributed by atoms with E-state index in [0.29, 0.717) is 12.8 Å². The molecule has 0 bridgehead atoms. The summed E-state index contributed by atoms with van der Waals surface area (Å²) in [6.07, 6.45) is 1.11. The molecule has 0 aromatic heterocycles. The highest BCUT2D eigenvalue weighted by Crippen LogP contribution is 2.45. The molecule has 1 amide bonds. The van der Waals surface area contributed by atoms with E-state index >= 15 is 0 Å². The quantitative estimate of drug-likeness (QED) is 0.714. The zero-order valence-electron chi connectivity index (χ0n) is 13.9. The zero-order chi connectivity index (χ0) is 18.2. The molecule has 1 aliphatic carbocycles. The maximum absolute atomic E-state index is 12.2. The molecule has 132 valence electrons. The van der Waals surface area contributed by atoms with Gasteiger partial charge in [-0.1, -0.05) is 0 Å². The van der Waals surface area contributed by atoms with Crippen LogP contribution in [0.4, 0.5) is 0 Å². The molecule has 0 spiro atoms. The van der Waals surface area contributed by atoms with Crippen molar-refractivity contribution in [3.63, 3.8) is 0 Å². The van der Waals surface area contributed by atoms with E-state index in [0.717, 1.165) is 0 Å². The van der Waals surface area contributed by atoms with Crippen LogP contribution >= 0.6 is 0 Å². The molecule has 1 saturated carbocycles. The molecule has 1 fully saturated rings. The number of carboxylic acid groups (broad SMARTS) is 1. The number of carboxylic acids is 1. The number of rotatable bonds is 6. The van der Waals surface area contributed by atoms with E-state index in [1.165, 1.54) is 24.3 Å². The summed E-state index contributed by atoms with van der Waals surface area (Å²) in [5.74, 6) is -1.33. The minimum atomic E-state index is -3.66. The normalized spacial score (nSPS) is 16.5. The molecule has 2 rings (SSSR count). The Morgan fingerprint density at radius 1 is 1.17 bits per heavy atom. The van der Waals surface area contributed by atoms with Crippen LogP contribution in [-0.4, -0.2) is 37.5 Å². The zero-order valence-corrected chi connectivity index (χ0v) is 14.7. The van der Waals surface area contributed by atoms with Gasteiger partial charge in [-0.15, -0.1) is 0 Å². The summed E-state index contributed by atoms with van der Waals surface area (Å²) in [5.41, 5.74) is -1.16. The topological polar surface area (TPSA) is 113 Å². The molecule has 0 aliphatic heterocycles. The summed E-state index contributed by atoms with van der Waals surface area (Å²) < 4.78 is 26.9. The third kappa shape index (κ3) is 4.33. The van der Waals surface area contributed by atoms with Crippen LogP contribution in [0.15, 0.2) is 29.2 Å². The summed E-state index contributed by atoms with van der Waals surface area (Å²) in [6.45, 7) is 5.29. The fourth-order valence-electron chi connectivity index (χ4n) is 2.22. The lowest BCUT2D eigenvalue weighted by atomic mass is 10.1. The molecule has 7 nitrogen and oxygen atoms in total. The van der Waals surface area contributed by atoms with Crippen molar-refractivity contribution in [2.24, 2.45) is 5.41 Å². The SMILES string of the molecule is CC(C)(C)NS(=O)(=O)c1ccc(C(=O)NCC2(C(=O)O)CC2)cc1. The molecule has 0 saturated heterocycles. The first-order valence-electron chi connectivity index (χ1n) is 7.61. The lowest BCUT2D eigenvalue weighted by Gasteiger charge is -2.20. The second kappa shape index (κ2) is 6.18. The van der Waals surface area contributed by atoms with Gasteiger partial charge in [-0.2, -0.15) is 0 Å². The van der Waals surface area contributed by atoms with Crippen LogP contribution in [0.1, 0.15) is 44.0 Å². The molecule has 0 radical (unpaired) electrons. The highest BCUT2D eigenvalue weighted by Gasteiger charge is 2.50. The van der Waals surface area contributed by atoms with Crippen molar-refractivity contribution in [1.29, 1.82) is 0 Å². The molecule has 1 aliphatic rings. The molecule has 0 heterocycles. The molecule has 1 aromatic carbocycles.